The molecule has 1 saturated heterocycles. The number of carbonyl (C=O) groups excluding carboxylic acids is 1. The molecule has 0 spiro atoms. The molecule has 7 unspecified atom stereocenters. The van der Waals surface area contributed by atoms with Crippen molar-refractivity contribution in [3.63, 3.8) is 0 Å². The summed E-state index contributed by atoms with van der Waals surface area (Å²) in [6, 6.07) is -0.722. The van der Waals surface area contributed by atoms with Gasteiger partial charge in [-0.25, -0.2) is 0 Å². The van der Waals surface area contributed by atoms with Gasteiger partial charge in [0, 0.05) is 6.42 Å². The molecule has 1 rings (SSSR count). The van der Waals surface area contributed by atoms with E-state index in [1.807, 2.05) is 0 Å². The van der Waals surface area contributed by atoms with Crippen molar-refractivity contribution >= 4 is 5.91 Å². The molecule has 0 saturated carbocycles. The van der Waals surface area contributed by atoms with Crippen LogP contribution >= 0.6 is 0 Å². The molecular formula is C56H107NO8. The van der Waals surface area contributed by atoms with Crippen LogP contribution in [-0.2, 0) is 14.3 Å². The molecule has 0 aliphatic carbocycles. The Morgan fingerprint density at radius 3 is 1.34 bits per heavy atom. The predicted octanol–water partition coefficient (Wildman–Crippen LogP) is 13.4. The molecule has 1 amide bonds. The molecule has 6 N–H and O–H groups in total. The van der Waals surface area contributed by atoms with Crippen LogP contribution in [0.4, 0.5) is 0 Å². The normalized spacial score (nSPS) is 20.0. The molecule has 0 aromatic rings. The van der Waals surface area contributed by atoms with Gasteiger partial charge in [0.1, 0.15) is 24.4 Å². The second kappa shape index (κ2) is 46.4. The second-order valence-electron chi connectivity index (χ2n) is 19.7. The zero-order chi connectivity index (χ0) is 47.3. The van der Waals surface area contributed by atoms with Gasteiger partial charge in [-0.2, -0.15) is 0 Å². The molecule has 1 aliphatic heterocycles. The van der Waals surface area contributed by atoms with Gasteiger partial charge in [-0.1, -0.05) is 244 Å². The Bertz CT molecular complexity index is 1070. The van der Waals surface area contributed by atoms with Gasteiger partial charge in [0.15, 0.2) is 6.29 Å². The molecule has 9 heteroatoms. The van der Waals surface area contributed by atoms with Crippen LogP contribution in [0.15, 0.2) is 24.3 Å². The summed E-state index contributed by atoms with van der Waals surface area (Å²) < 4.78 is 11.3. The standard InChI is InChI=1S/C56H107NO8/c1-3-5-7-9-11-13-15-17-19-21-23-24-25-26-27-28-29-31-33-35-37-39-41-43-45-50(59)49(48-64-56-55(63)54(62)53(61)51(47-58)65-56)57-52(60)46-44-42-40-38-36-34-32-30-22-20-18-16-14-12-10-8-6-4-2/h14,16,20,22,49-51,53-56,58-59,61-63H,3-13,15,17-19,21,23-48H2,1-2H3,(H,57,60)/b16-14-,22-20-. The number of allylic oxidation sites excluding steroid dienone is 4. The van der Waals surface area contributed by atoms with E-state index >= 15 is 0 Å². The van der Waals surface area contributed by atoms with Gasteiger partial charge in [0.05, 0.1) is 25.4 Å². The maximum absolute atomic E-state index is 13.0. The largest absolute Gasteiger partial charge is 0.394 e. The average Bonchev–Trinajstić information content (AvgIpc) is 3.31. The summed E-state index contributed by atoms with van der Waals surface area (Å²) in [6.07, 6.45) is 50.5. The third kappa shape index (κ3) is 36.3. The van der Waals surface area contributed by atoms with Crippen LogP contribution in [-0.4, -0.2) is 87.5 Å². The molecule has 9 nitrogen and oxygen atoms in total. The first-order chi connectivity index (χ1) is 31.8. The van der Waals surface area contributed by atoms with Crippen molar-refractivity contribution in [1.82, 2.24) is 5.32 Å². The lowest BCUT2D eigenvalue weighted by Gasteiger charge is -2.40. The number of rotatable bonds is 48. The lowest BCUT2D eigenvalue weighted by molar-refractivity contribution is -0.302. The highest BCUT2D eigenvalue weighted by Gasteiger charge is 2.44. The fourth-order valence-electron chi connectivity index (χ4n) is 9.08. The molecule has 7 atom stereocenters. The van der Waals surface area contributed by atoms with E-state index in [9.17, 15) is 30.3 Å². The first kappa shape index (κ1) is 61.7. The van der Waals surface area contributed by atoms with Crippen LogP contribution < -0.4 is 5.32 Å². The highest BCUT2D eigenvalue weighted by Crippen LogP contribution is 2.23. The molecule has 0 aromatic heterocycles. The summed E-state index contributed by atoms with van der Waals surface area (Å²) in [5, 5.41) is 54.6. The fraction of sp³-hybridized carbons (Fsp3) is 0.911. The van der Waals surface area contributed by atoms with Crippen molar-refractivity contribution in [3.8, 4) is 0 Å². The molecule has 65 heavy (non-hydrogen) atoms. The van der Waals surface area contributed by atoms with Crippen molar-refractivity contribution in [3.05, 3.63) is 24.3 Å². The first-order valence-electron chi connectivity index (χ1n) is 28.0. The number of carbonyl (C=O) groups is 1. The topological polar surface area (TPSA) is 149 Å². The van der Waals surface area contributed by atoms with Crippen LogP contribution in [0.1, 0.15) is 271 Å². The van der Waals surface area contributed by atoms with Gasteiger partial charge >= 0.3 is 0 Å². The summed E-state index contributed by atoms with van der Waals surface area (Å²) in [7, 11) is 0. The smallest absolute Gasteiger partial charge is 0.220 e. The van der Waals surface area contributed by atoms with Crippen molar-refractivity contribution in [2.24, 2.45) is 0 Å². The van der Waals surface area contributed by atoms with E-state index in [0.29, 0.717) is 12.8 Å². The Kier molecular flexibility index (Phi) is 44.0. The average molecular weight is 922 g/mol. The van der Waals surface area contributed by atoms with Crippen molar-refractivity contribution in [2.45, 2.75) is 314 Å². The van der Waals surface area contributed by atoms with E-state index in [-0.39, 0.29) is 12.5 Å². The number of hydrogen-bond donors (Lipinski definition) is 6. The van der Waals surface area contributed by atoms with E-state index in [1.165, 1.54) is 193 Å². The Labute approximate surface area is 400 Å². The Morgan fingerprint density at radius 1 is 0.523 bits per heavy atom. The van der Waals surface area contributed by atoms with Crippen molar-refractivity contribution < 1.29 is 39.8 Å². The Hall–Kier alpha value is -1.33. The number of ether oxygens (including phenoxy) is 2. The van der Waals surface area contributed by atoms with Gasteiger partial charge in [0.2, 0.25) is 5.91 Å². The highest BCUT2D eigenvalue weighted by atomic mass is 16.7. The minimum absolute atomic E-state index is 0.139. The summed E-state index contributed by atoms with van der Waals surface area (Å²) in [6.45, 7) is 3.84. The van der Waals surface area contributed by atoms with Crippen LogP contribution in [0.3, 0.4) is 0 Å². The molecule has 0 bridgehead atoms. The molecule has 0 radical (unpaired) electrons. The van der Waals surface area contributed by atoms with Gasteiger partial charge in [-0.05, 0) is 44.9 Å². The second-order valence-corrected chi connectivity index (χ2v) is 19.7. The van der Waals surface area contributed by atoms with E-state index < -0.39 is 49.5 Å². The van der Waals surface area contributed by atoms with E-state index in [2.05, 4.69) is 43.5 Å². The van der Waals surface area contributed by atoms with Crippen molar-refractivity contribution in [1.29, 1.82) is 0 Å². The monoisotopic (exact) mass is 922 g/mol. The SMILES string of the molecule is CCCCCC/C=C\C/C=C\CCCCCCCCCC(=O)NC(COC1OC(CO)C(O)C(O)C1O)C(O)CCCCCCCCCCCCCCCCCCCCCCCCCC. The van der Waals surface area contributed by atoms with Gasteiger partial charge in [-0.3, -0.25) is 4.79 Å². The zero-order valence-corrected chi connectivity index (χ0v) is 42.5. The van der Waals surface area contributed by atoms with Gasteiger partial charge < -0.3 is 40.3 Å². The van der Waals surface area contributed by atoms with Crippen LogP contribution in [0.5, 0.6) is 0 Å². The molecular weight excluding hydrogens is 815 g/mol. The molecule has 1 aliphatic rings. The third-order valence-corrected chi connectivity index (χ3v) is 13.6. The quantitative estimate of drug-likeness (QED) is 0.0261. The van der Waals surface area contributed by atoms with Gasteiger partial charge in [-0.15, -0.1) is 0 Å². The maximum atomic E-state index is 13.0. The number of nitrogens with one attached hydrogen (secondary N) is 1. The highest BCUT2D eigenvalue weighted by molar-refractivity contribution is 5.76. The van der Waals surface area contributed by atoms with E-state index in [4.69, 9.17) is 9.47 Å². The first-order valence-corrected chi connectivity index (χ1v) is 28.0. The Balaban J connectivity index is 2.22. The van der Waals surface area contributed by atoms with Crippen LogP contribution in [0.25, 0.3) is 0 Å². The van der Waals surface area contributed by atoms with Crippen LogP contribution in [0.2, 0.25) is 0 Å². The third-order valence-electron chi connectivity index (χ3n) is 13.6. The van der Waals surface area contributed by atoms with Gasteiger partial charge in [0.25, 0.3) is 0 Å². The Morgan fingerprint density at radius 2 is 0.908 bits per heavy atom. The molecule has 0 aromatic carbocycles. The summed E-state index contributed by atoms with van der Waals surface area (Å²) in [5.41, 5.74) is 0. The lowest BCUT2D eigenvalue weighted by atomic mass is 9.99. The minimum Gasteiger partial charge on any atom is -0.394 e. The zero-order valence-electron chi connectivity index (χ0n) is 42.5. The van der Waals surface area contributed by atoms with Crippen molar-refractivity contribution in [2.75, 3.05) is 13.2 Å². The number of aliphatic hydroxyl groups excluding tert-OH is 5. The van der Waals surface area contributed by atoms with E-state index in [0.717, 1.165) is 51.4 Å². The van der Waals surface area contributed by atoms with E-state index in [1.54, 1.807) is 0 Å². The molecule has 384 valence electrons. The molecule has 1 fully saturated rings. The predicted molar refractivity (Wildman–Crippen MR) is 272 cm³/mol. The number of amides is 1. The lowest BCUT2D eigenvalue weighted by Crippen LogP contribution is -2.60. The summed E-state index contributed by atoms with van der Waals surface area (Å²) >= 11 is 0. The number of unbranched alkanes of at least 4 members (excludes halogenated alkanes) is 34. The summed E-state index contributed by atoms with van der Waals surface area (Å²) in [5.74, 6) is -0.149. The van der Waals surface area contributed by atoms with Crippen LogP contribution in [0, 0.1) is 0 Å². The fourth-order valence-corrected chi connectivity index (χ4v) is 9.08. The molecule has 1 heterocycles. The number of hydrogen-bond acceptors (Lipinski definition) is 8. The maximum Gasteiger partial charge on any atom is 0.220 e. The number of aliphatic hydroxyl groups is 5. The minimum atomic E-state index is -1.55. The summed E-state index contributed by atoms with van der Waals surface area (Å²) in [4.78, 5) is 13.0.